The highest BCUT2D eigenvalue weighted by Gasteiger charge is 2.36. The van der Waals surface area contributed by atoms with Crippen LogP contribution in [0.25, 0.3) is 0 Å². The van der Waals surface area contributed by atoms with Gasteiger partial charge in [-0.2, -0.15) is 5.10 Å². The van der Waals surface area contributed by atoms with Crippen LogP contribution in [0.1, 0.15) is 36.9 Å². The van der Waals surface area contributed by atoms with E-state index in [0.29, 0.717) is 13.0 Å². The second-order valence-electron chi connectivity index (χ2n) is 7.02. The Morgan fingerprint density at radius 2 is 2.04 bits per heavy atom. The Kier molecular flexibility index (Phi) is 3.91. The van der Waals surface area contributed by atoms with Gasteiger partial charge in [0.2, 0.25) is 5.91 Å². The number of anilines is 1. The minimum atomic E-state index is -0.383. The van der Waals surface area contributed by atoms with Crippen molar-refractivity contribution in [3.8, 4) is 0 Å². The number of likely N-dealkylation sites (tertiary alicyclic amines) is 1. The molecule has 1 aromatic rings. The Labute approximate surface area is 135 Å². The zero-order valence-electron chi connectivity index (χ0n) is 13.4. The zero-order chi connectivity index (χ0) is 15.8. The Hall–Kier alpha value is -1.72. The van der Waals surface area contributed by atoms with Crippen LogP contribution < -0.4 is 4.90 Å². The summed E-state index contributed by atoms with van der Waals surface area (Å²) < 4.78 is 12.8. The Morgan fingerprint density at radius 1 is 1.22 bits per heavy atom. The first-order valence-electron chi connectivity index (χ1n) is 8.70. The second kappa shape index (κ2) is 6.06. The molecule has 2 aliphatic heterocycles. The predicted molar refractivity (Wildman–Crippen MR) is 85.1 cm³/mol. The second-order valence-corrected chi connectivity index (χ2v) is 7.02. The van der Waals surface area contributed by atoms with E-state index in [1.807, 2.05) is 4.90 Å². The molecule has 1 unspecified atom stereocenters. The molecule has 2 fully saturated rings. The molecule has 1 atom stereocenters. The van der Waals surface area contributed by atoms with Crippen molar-refractivity contribution in [1.29, 1.82) is 0 Å². The number of piperidine rings is 1. The van der Waals surface area contributed by atoms with Crippen molar-refractivity contribution < 1.29 is 9.18 Å². The molecule has 3 heterocycles. The predicted octanol–water partition coefficient (Wildman–Crippen LogP) is 1.75. The molecule has 0 N–H and O–H groups in total. The van der Waals surface area contributed by atoms with Gasteiger partial charge in [0.25, 0.3) is 0 Å². The highest BCUT2D eigenvalue weighted by Crippen LogP contribution is 2.28. The molecule has 0 saturated carbocycles. The van der Waals surface area contributed by atoms with Crippen LogP contribution in [0.5, 0.6) is 0 Å². The van der Waals surface area contributed by atoms with Crippen LogP contribution in [0.4, 0.5) is 10.2 Å². The fraction of sp³-hybridized carbons (Fsp3) is 0.706. The number of hydrogen-bond donors (Lipinski definition) is 0. The molecule has 3 aliphatic rings. The van der Waals surface area contributed by atoms with Crippen molar-refractivity contribution in [2.45, 2.75) is 44.6 Å². The number of amides is 1. The summed E-state index contributed by atoms with van der Waals surface area (Å²) in [5.74, 6) is 1.00. The molecule has 0 bridgehead atoms. The smallest absolute Gasteiger partial charge is 0.223 e. The normalized spacial score (nSPS) is 25.3. The first-order chi connectivity index (χ1) is 11.2. The van der Waals surface area contributed by atoms with E-state index in [0.717, 1.165) is 50.3 Å². The third-order valence-corrected chi connectivity index (χ3v) is 5.49. The number of aryl methyl sites for hydroxylation is 2. The highest BCUT2D eigenvalue weighted by molar-refractivity contribution is 5.79. The summed E-state index contributed by atoms with van der Waals surface area (Å²) in [7, 11) is 0. The van der Waals surface area contributed by atoms with Crippen LogP contribution in [0.3, 0.4) is 0 Å². The van der Waals surface area contributed by atoms with Crippen LogP contribution >= 0.6 is 0 Å². The van der Waals surface area contributed by atoms with Crippen molar-refractivity contribution in [3.05, 3.63) is 17.3 Å². The minimum absolute atomic E-state index is 0.0943. The van der Waals surface area contributed by atoms with Gasteiger partial charge in [-0.25, -0.2) is 0 Å². The molecule has 5 nitrogen and oxygen atoms in total. The van der Waals surface area contributed by atoms with Crippen molar-refractivity contribution in [2.75, 3.05) is 31.2 Å². The molecule has 124 valence electrons. The standard InChI is InChI=1S/C17H23FN4O/c18-10-12-8-17(23)22(11-12)14-4-6-21(7-5-14)16-9-13-2-1-3-15(13)19-20-16/h9,12,14H,1-8,10-11H2. The fourth-order valence-corrected chi connectivity index (χ4v) is 4.14. The maximum atomic E-state index is 12.8. The summed E-state index contributed by atoms with van der Waals surface area (Å²) in [6, 6.07) is 2.45. The van der Waals surface area contributed by atoms with Gasteiger partial charge in [0.1, 0.15) is 0 Å². The number of carbonyl (C=O) groups excluding carboxylic acids is 1. The highest BCUT2D eigenvalue weighted by atomic mass is 19.1. The monoisotopic (exact) mass is 318 g/mol. The summed E-state index contributed by atoms with van der Waals surface area (Å²) in [5.41, 5.74) is 2.50. The van der Waals surface area contributed by atoms with Gasteiger partial charge in [0.05, 0.1) is 12.4 Å². The van der Waals surface area contributed by atoms with Crippen LogP contribution in [0.2, 0.25) is 0 Å². The number of carbonyl (C=O) groups is 1. The quantitative estimate of drug-likeness (QED) is 0.852. The third kappa shape index (κ3) is 2.79. The van der Waals surface area contributed by atoms with Crippen molar-refractivity contribution >= 4 is 11.7 Å². The molecular formula is C17H23FN4O. The SMILES string of the molecule is O=C1CC(CF)CN1C1CCN(c2cc3c(nn2)CCC3)CC1. The maximum absolute atomic E-state index is 12.8. The Bertz CT molecular complexity index is 600. The van der Waals surface area contributed by atoms with E-state index in [9.17, 15) is 9.18 Å². The summed E-state index contributed by atoms with van der Waals surface area (Å²) in [4.78, 5) is 16.2. The average Bonchev–Trinajstić information content (AvgIpc) is 3.20. The van der Waals surface area contributed by atoms with Gasteiger partial charge in [0, 0.05) is 38.0 Å². The van der Waals surface area contributed by atoms with Gasteiger partial charge in [-0.15, -0.1) is 5.10 Å². The Morgan fingerprint density at radius 3 is 2.78 bits per heavy atom. The van der Waals surface area contributed by atoms with Crippen molar-refractivity contribution in [1.82, 2.24) is 15.1 Å². The van der Waals surface area contributed by atoms with Crippen LogP contribution in [0.15, 0.2) is 6.07 Å². The zero-order valence-corrected chi connectivity index (χ0v) is 13.4. The van der Waals surface area contributed by atoms with E-state index >= 15 is 0 Å². The molecule has 6 heteroatoms. The lowest BCUT2D eigenvalue weighted by Gasteiger charge is -2.37. The van der Waals surface area contributed by atoms with E-state index in [2.05, 4.69) is 21.2 Å². The van der Waals surface area contributed by atoms with Gasteiger partial charge < -0.3 is 9.80 Å². The van der Waals surface area contributed by atoms with Crippen LogP contribution in [-0.4, -0.2) is 53.4 Å². The summed E-state index contributed by atoms with van der Waals surface area (Å²) in [5, 5.41) is 8.75. The number of hydrogen-bond acceptors (Lipinski definition) is 4. The van der Waals surface area contributed by atoms with E-state index in [-0.39, 0.29) is 24.5 Å². The topological polar surface area (TPSA) is 49.3 Å². The van der Waals surface area contributed by atoms with Crippen LogP contribution in [0, 0.1) is 5.92 Å². The van der Waals surface area contributed by atoms with Gasteiger partial charge >= 0.3 is 0 Å². The first-order valence-corrected chi connectivity index (χ1v) is 8.70. The van der Waals surface area contributed by atoms with Gasteiger partial charge in [-0.1, -0.05) is 0 Å². The van der Waals surface area contributed by atoms with Crippen molar-refractivity contribution in [3.63, 3.8) is 0 Å². The maximum Gasteiger partial charge on any atom is 0.223 e. The molecule has 0 aromatic carbocycles. The Balaban J connectivity index is 1.38. The van der Waals surface area contributed by atoms with E-state index < -0.39 is 0 Å². The third-order valence-electron chi connectivity index (χ3n) is 5.49. The number of aromatic nitrogens is 2. The number of halogens is 1. The number of alkyl halides is 1. The molecule has 23 heavy (non-hydrogen) atoms. The summed E-state index contributed by atoms with van der Waals surface area (Å²) >= 11 is 0. The average molecular weight is 318 g/mol. The molecule has 4 rings (SSSR count). The van der Waals surface area contributed by atoms with Gasteiger partial charge in [0.15, 0.2) is 5.82 Å². The van der Waals surface area contributed by atoms with E-state index in [1.165, 1.54) is 12.0 Å². The molecule has 0 radical (unpaired) electrons. The molecular weight excluding hydrogens is 295 g/mol. The van der Waals surface area contributed by atoms with Gasteiger partial charge in [-0.3, -0.25) is 9.18 Å². The molecule has 2 saturated heterocycles. The summed E-state index contributed by atoms with van der Waals surface area (Å²) in [6.45, 7) is 1.99. The van der Waals surface area contributed by atoms with Crippen molar-refractivity contribution in [2.24, 2.45) is 5.92 Å². The van der Waals surface area contributed by atoms with E-state index in [4.69, 9.17) is 0 Å². The lowest BCUT2D eigenvalue weighted by atomic mass is 10.0. The lowest BCUT2D eigenvalue weighted by molar-refractivity contribution is -0.130. The number of nitrogens with zero attached hydrogens (tertiary/aromatic N) is 4. The lowest BCUT2D eigenvalue weighted by Crippen LogP contribution is -2.46. The largest absolute Gasteiger partial charge is 0.355 e. The van der Waals surface area contributed by atoms with Crippen LogP contribution in [-0.2, 0) is 17.6 Å². The molecule has 1 amide bonds. The number of rotatable bonds is 3. The minimum Gasteiger partial charge on any atom is -0.355 e. The number of fused-ring (bicyclic) bond motifs is 1. The van der Waals surface area contributed by atoms with Gasteiger partial charge in [-0.05, 0) is 43.7 Å². The summed E-state index contributed by atoms with van der Waals surface area (Å²) in [6.07, 6.45) is 5.60. The molecule has 0 spiro atoms. The van der Waals surface area contributed by atoms with E-state index in [1.54, 1.807) is 0 Å². The molecule has 1 aliphatic carbocycles. The fourth-order valence-electron chi connectivity index (χ4n) is 4.14. The molecule has 1 aromatic heterocycles. The first kappa shape index (κ1) is 14.8.